The van der Waals surface area contributed by atoms with E-state index in [-0.39, 0.29) is 24.2 Å². The Morgan fingerprint density at radius 3 is 2.61 bits per heavy atom. The third-order valence-corrected chi connectivity index (χ3v) is 2.46. The molecule has 1 aromatic rings. The Labute approximate surface area is 102 Å². The van der Waals surface area contributed by atoms with Gasteiger partial charge in [0.15, 0.2) is 17.3 Å². The molecule has 0 saturated heterocycles. The molecule has 1 rings (SSSR count). The number of benzene rings is 1. The monoisotopic (exact) mass is 261 g/mol. The van der Waals surface area contributed by atoms with Gasteiger partial charge in [0.2, 0.25) is 5.82 Å². The smallest absolute Gasteiger partial charge is 0.303 e. The van der Waals surface area contributed by atoms with Crippen LogP contribution in [0.4, 0.5) is 8.78 Å². The van der Waals surface area contributed by atoms with Crippen LogP contribution in [0.3, 0.4) is 0 Å². The van der Waals surface area contributed by atoms with E-state index >= 15 is 0 Å². The molecular formula is C11H13F2NO4. The molecule has 1 unspecified atom stereocenters. The van der Waals surface area contributed by atoms with Gasteiger partial charge < -0.3 is 20.7 Å². The SMILES string of the molecule is COc1cc(C(N)CCC(=O)O)c(F)c(O)c1F. The van der Waals surface area contributed by atoms with Crippen LogP contribution in [0, 0.1) is 11.6 Å². The molecule has 0 bridgehead atoms. The van der Waals surface area contributed by atoms with Gasteiger partial charge in [-0.3, -0.25) is 4.79 Å². The summed E-state index contributed by atoms with van der Waals surface area (Å²) < 4.78 is 31.5. The van der Waals surface area contributed by atoms with Gasteiger partial charge in [-0.15, -0.1) is 0 Å². The fraction of sp³-hybridized carbons (Fsp3) is 0.364. The molecule has 5 nitrogen and oxygen atoms in total. The van der Waals surface area contributed by atoms with Crippen molar-refractivity contribution in [3.05, 3.63) is 23.3 Å². The highest BCUT2D eigenvalue weighted by molar-refractivity contribution is 5.66. The van der Waals surface area contributed by atoms with Gasteiger partial charge in [-0.05, 0) is 12.5 Å². The highest BCUT2D eigenvalue weighted by atomic mass is 19.1. The summed E-state index contributed by atoms with van der Waals surface area (Å²) in [6, 6.07) is 0.0400. The maximum atomic E-state index is 13.6. The van der Waals surface area contributed by atoms with Gasteiger partial charge in [0.1, 0.15) is 0 Å². The predicted octanol–water partition coefficient (Wildman–Crippen LogP) is 1.54. The van der Waals surface area contributed by atoms with Crippen molar-refractivity contribution >= 4 is 5.97 Å². The van der Waals surface area contributed by atoms with Crippen molar-refractivity contribution in [2.75, 3.05) is 7.11 Å². The van der Waals surface area contributed by atoms with Crippen LogP contribution in [0.15, 0.2) is 6.07 Å². The minimum atomic E-state index is -1.22. The standard InChI is InChI=1S/C11H13F2NO4/c1-18-7-4-5(6(14)2-3-8(15)16)9(12)11(17)10(7)13/h4,6,17H,2-3,14H2,1H3,(H,15,16). The van der Waals surface area contributed by atoms with Gasteiger partial charge in [-0.2, -0.15) is 4.39 Å². The summed E-state index contributed by atoms with van der Waals surface area (Å²) in [4.78, 5) is 10.4. The normalized spacial score (nSPS) is 12.2. The summed E-state index contributed by atoms with van der Waals surface area (Å²) in [5.41, 5.74) is 5.41. The first-order valence-corrected chi connectivity index (χ1v) is 5.10. The van der Waals surface area contributed by atoms with Gasteiger partial charge in [0, 0.05) is 18.0 Å². The summed E-state index contributed by atoms with van der Waals surface area (Å²) in [5.74, 6) is -5.04. The third-order valence-electron chi connectivity index (χ3n) is 2.46. The van der Waals surface area contributed by atoms with E-state index in [1.807, 2.05) is 0 Å². The summed E-state index contributed by atoms with van der Waals surface area (Å²) in [5, 5.41) is 17.7. The molecule has 7 heteroatoms. The van der Waals surface area contributed by atoms with Crippen LogP contribution < -0.4 is 10.5 Å². The van der Waals surface area contributed by atoms with Crippen LogP contribution in [0.25, 0.3) is 0 Å². The Morgan fingerprint density at radius 1 is 1.50 bits per heavy atom. The zero-order valence-electron chi connectivity index (χ0n) is 9.61. The number of hydrogen-bond acceptors (Lipinski definition) is 4. The number of aliphatic carboxylic acids is 1. The Kier molecular flexibility index (Phi) is 4.43. The van der Waals surface area contributed by atoms with Crippen molar-refractivity contribution in [3.63, 3.8) is 0 Å². The van der Waals surface area contributed by atoms with Crippen molar-refractivity contribution in [1.29, 1.82) is 0 Å². The van der Waals surface area contributed by atoms with Crippen molar-refractivity contribution in [1.82, 2.24) is 0 Å². The Bertz CT molecular complexity index is 465. The van der Waals surface area contributed by atoms with Gasteiger partial charge in [0.05, 0.1) is 7.11 Å². The largest absolute Gasteiger partial charge is 0.503 e. The number of aromatic hydroxyl groups is 1. The molecule has 0 saturated carbocycles. The van der Waals surface area contributed by atoms with Crippen LogP contribution >= 0.6 is 0 Å². The molecule has 1 aromatic carbocycles. The average Bonchev–Trinajstić information content (AvgIpc) is 2.33. The lowest BCUT2D eigenvalue weighted by molar-refractivity contribution is -0.137. The fourth-order valence-electron chi connectivity index (χ4n) is 1.47. The maximum Gasteiger partial charge on any atom is 0.303 e. The van der Waals surface area contributed by atoms with Gasteiger partial charge in [-0.1, -0.05) is 0 Å². The number of carbonyl (C=O) groups is 1. The van der Waals surface area contributed by atoms with Crippen LogP contribution in [0.5, 0.6) is 11.5 Å². The number of carboxylic acid groups (broad SMARTS) is 1. The molecule has 0 fully saturated rings. The zero-order chi connectivity index (χ0) is 13.9. The second-order valence-corrected chi connectivity index (χ2v) is 3.68. The number of hydrogen-bond donors (Lipinski definition) is 3. The fourth-order valence-corrected chi connectivity index (χ4v) is 1.47. The third kappa shape index (κ3) is 2.86. The second kappa shape index (κ2) is 5.63. The maximum absolute atomic E-state index is 13.6. The quantitative estimate of drug-likeness (QED) is 0.747. The number of nitrogens with two attached hydrogens (primary N) is 1. The molecule has 0 heterocycles. The number of rotatable bonds is 5. The van der Waals surface area contributed by atoms with Crippen molar-refractivity contribution in [2.45, 2.75) is 18.9 Å². The average molecular weight is 261 g/mol. The van der Waals surface area contributed by atoms with E-state index in [0.29, 0.717) is 0 Å². The van der Waals surface area contributed by atoms with Crippen LogP contribution in [-0.2, 0) is 4.79 Å². The topological polar surface area (TPSA) is 92.8 Å². The number of phenolic OH excluding ortho intramolecular Hbond substituents is 1. The summed E-state index contributed by atoms with van der Waals surface area (Å²) in [6.07, 6.45) is -0.304. The van der Waals surface area contributed by atoms with Crippen LogP contribution in [0.2, 0.25) is 0 Å². The Morgan fingerprint density at radius 2 is 2.11 bits per heavy atom. The summed E-state index contributed by atoms with van der Waals surface area (Å²) in [7, 11) is 1.16. The minimum Gasteiger partial charge on any atom is -0.503 e. The first-order valence-electron chi connectivity index (χ1n) is 5.10. The van der Waals surface area contributed by atoms with Gasteiger partial charge in [0.25, 0.3) is 0 Å². The van der Waals surface area contributed by atoms with E-state index in [9.17, 15) is 18.7 Å². The molecule has 0 spiro atoms. The molecule has 0 aliphatic rings. The van der Waals surface area contributed by atoms with Crippen molar-refractivity contribution < 1.29 is 28.5 Å². The van der Waals surface area contributed by atoms with Crippen molar-refractivity contribution in [3.8, 4) is 11.5 Å². The zero-order valence-corrected chi connectivity index (χ0v) is 9.61. The highest BCUT2D eigenvalue weighted by Crippen LogP contribution is 2.34. The highest BCUT2D eigenvalue weighted by Gasteiger charge is 2.22. The second-order valence-electron chi connectivity index (χ2n) is 3.68. The number of carboxylic acids is 1. The molecular weight excluding hydrogens is 248 g/mol. The molecule has 0 amide bonds. The molecule has 0 aliphatic heterocycles. The molecule has 0 aromatic heterocycles. The van der Waals surface area contributed by atoms with Crippen molar-refractivity contribution in [2.24, 2.45) is 5.73 Å². The van der Waals surface area contributed by atoms with Crippen LogP contribution in [0.1, 0.15) is 24.4 Å². The molecule has 0 aliphatic carbocycles. The van der Waals surface area contributed by atoms with E-state index < -0.39 is 29.4 Å². The predicted molar refractivity (Wildman–Crippen MR) is 58.4 cm³/mol. The molecule has 18 heavy (non-hydrogen) atoms. The summed E-state index contributed by atoms with van der Waals surface area (Å²) in [6.45, 7) is 0. The Balaban J connectivity index is 3.08. The number of methoxy groups -OCH3 is 1. The first-order chi connectivity index (χ1) is 8.38. The first kappa shape index (κ1) is 14.2. The van der Waals surface area contributed by atoms with E-state index in [4.69, 9.17) is 10.8 Å². The summed E-state index contributed by atoms with van der Waals surface area (Å²) >= 11 is 0. The molecule has 100 valence electrons. The Hall–Kier alpha value is -1.89. The number of ether oxygens (including phenoxy) is 1. The number of phenols is 1. The minimum absolute atomic E-state index is 0.0412. The molecule has 1 atom stereocenters. The number of halogens is 2. The lowest BCUT2D eigenvalue weighted by atomic mass is 10.0. The van der Waals surface area contributed by atoms with Gasteiger partial charge in [-0.25, -0.2) is 4.39 Å². The van der Waals surface area contributed by atoms with E-state index in [1.165, 1.54) is 0 Å². The molecule has 0 radical (unpaired) electrons. The molecule has 4 N–H and O–H groups in total. The lowest BCUT2D eigenvalue weighted by Crippen LogP contribution is -2.14. The van der Waals surface area contributed by atoms with Gasteiger partial charge >= 0.3 is 5.97 Å². The lowest BCUT2D eigenvalue weighted by Gasteiger charge is -2.15. The van der Waals surface area contributed by atoms with E-state index in [1.54, 1.807) is 0 Å². The van der Waals surface area contributed by atoms with Crippen LogP contribution in [-0.4, -0.2) is 23.3 Å². The van der Waals surface area contributed by atoms with E-state index in [2.05, 4.69) is 4.74 Å². The van der Waals surface area contributed by atoms with E-state index in [0.717, 1.165) is 13.2 Å².